The van der Waals surface area contributed by atoms with Crippen molar-refractivity contribution < 1.29 is 22.7 Å². The van der Waals surface area contributed by atoms with Crippen molar-refractivity contribution in [3.8, 4) is 0 Å². The van der Waals surface area contributed by atoms with Crippen molar-refractivity contribution in [1.82, 2.24) is 5.32 Å². The maximum absolute atomic E-state index is 11.7. The Balaban J connectivity index is 2.21. The number of amides is 1. The number of alkyl halides is 3. The van der Waals surface area contributed by atoms with Crippen molar-refractivity contribution in [3.63, 3.8) is 0 Å². The third kappa shape index (κ3) is 3.97. The van der Waals surface area contributed by atoms with Crippen molar-refractivity contribution in [1.29, 1.82) is 0 Å². The summed E-state index contributed by atoms with van der Waals surface area (Å²) in [6, 6.07) is 0. The first-order valence-electron chi connectivity index (χ1n) is 5.02. The molecular weight excluding hydrogens is 225 g/mol. The standard InChI is InChI=1S/C9H15F3N2O2/c10-9(11,12)6-16-4-7(15)14-8(5-13)2-1-3-8/h1-6,13H2,(H,14,15). The van der Waals surface area contributed by atoms with Crippen molar-refractivity contribution >= 4 is 5.91 Å². The average molecular weight is 240 g/mol. The van der Waals surface area contributed by atoms with Gasteiger partial charge in [0.15, 0.2) is 0 Å². The fraction of sp³-hybridized carbons (Fsp3) is 0.889. The molecule has 1 fully saturated rings. The van der Waals surface area contributed by atoms with E-state index in [1.165, 1.54) is 0 Å². The van der Waals surface area contributed by atoms with Crippen LogP contribution in [-0.2, 0) is 9.53 Å². The Labute approximate surface area is 91.3 Å². The number of halogens is 3. The summed E-state index contributed by atoms with van der Waals surface area (Å²) in [4.78, 5) is 11.2. The number of hydrogen-bond donors (Lipinski definition) is 2. The molecule has 7 heteroatoms. The molecule has 0 bridgehead atoms. The van der Waals surface area contributed by atoms with Gasteiger partial charge in [0.1, 0.15) is 13.2 Å². The lowest BCUT2D eigenvalue weighted by Crippen LogP contribution is -2.59. The largest absolute Gasteiger partial charge is 0.411 e. The maximum Gasteiger partial charge on any atom is 0.411 e. The smallest absolute Gasteiger partial charge is 0.362 e. The second kappa shape index (κ2) is 5.01. The molecule has 0 radical (unpaired) electrons. The molecule has 1 rings (SSSR count). The van der Waals surface area contributed by atoms with Gasteiger partial charge >= 0.3 is 6.18 Å². The molecule has 1 aliphatic carbocycles. The van der Waals surface area contributed by atoms with Gasteiger partial charge in [0.05, 0.1) is 5.54 Å². The predicted octanol–water partition coefficient (Wildman–Crippen LogP) is 0.563. The zero-order valence-corrected chi connectivity index (χ0v) is 8.77. The summed E-state index contributed by atoms with van der Waals surface area (Å²) in [7, 11) is 0. The van der Waals surface area contributed by atoms with Gasteiger partial charge in [-0.2, -0.15) is 13.2 Å². The molecule has 0 aromatic carbocycles. The molecule has 0 aliphatic heterocycles. The summed E-state index contributed by atoms with van der Waals surface area (Å²) in [5, 5.41) is 2.61. The van der Waals surface area contributed by atoms with Crippen molar-refractivity contribution in [2.24, 2.45) is 5.73 Å². The van der Waals surface area contributed by atoms with E-state index in [0.29, 0.717) is 6.54 Å². The highest BCUT2D eigenvalue weighted by molar-refractivity contribution is 5.78. The van der Waals surface area contributed by atoms with Crippen molar-refractivity contribution in [2.45, 2.75) is 31.0 Å². The minimum Gasteiger partial charge on any atom is -0.362 e. The molecular formula is C9H15F3N2O2. The van der Waals surface area contributed by atoms with Gasteiger partial charge in [-0.05, 0) is 19.3 Å². The Morgan fingerprint density at radius 2 is 2.06 bits per heavy atom. The summed E-state index contributed by atoms with van der Waals surface area (Å²) in [5.74, 6) is -0.547. The molecule has 0 heterocycles. The zero-order chi connectivity index (χ0) is 12.2. The van der Waals surface area contributed by atoms with Gasteiger partial charge in [-0.1, -0.05) is 0 Å². The van der Waals surface area contributed by atoms with Crippen LogP contribution in [0.1, 0.15) is 19.3 Å². The van der Waals surface area contributed by atoms with Gasteiger partial charge in [-0.25, -0.2) is 0 Å². The molecule has 0 aromatic heterocycles. The van der Waals surface area contributed by atoms with Crippen LogP contribution in [-0.4, -0.2) is 37.4 Å². The van der Waals surface area contributed by atoms with Crippen LogP contribution in [0.25, 0.3) is 0 Å². The number of hydrogen-bond acceptors (Lipinski definition) is 3. The first kappa shape index (κ1) is 13.2. The van der Waals surface area contributed by atoms with Crippen LogP contribution in [0.2, 0.25) is 0 Å². The number of rotatable bonds is 5. The Morgan fingerprint density at radius 1 is 1.44 bits per heavy atom. The average Bonchev–Trinajstić information content (AvgIpc) is 2.09. The third-order valence-corrected chi connectivity index (χ3v) is 2.60. The number of ether oxygens (including phenoxy) is 1. The van der Waals surface area contributed by atoms with Crippen LogP contribution in [0.3, 0.4) is 0 Å². The second-order valence-electron chi connectivity index (χ2n) is 3.99. The topological polar surface area (TPSA) is 64.3 Å². The molecule has 0 atom stereocenters. The molecule has 0 spiro atoms. The molecule has 0 aromatic rings. The highest BCUT2D eigenvalue weighted by atomic mass is 19.4. The predicted molar refractivity (Wildman–Crippen MR) is 50.7 cm³/mol. The Kier molecular flexibility index (Phi) is 4.15. The van der Waals surface area contributed by atoms with Crippen LogP contribution in [0, 0.1) is 0 Å². The van der Waals surface area contributed by atoms with E-state index >= 15 is 0 Å². The number of carbonyl (C=O) groups excluding carboxylic acids is 1. The molecule has 0 unspecified atom stereocenters. The summed E-state index contributed by atoms with van der Waals surface area (Å²) in [6.07, 6.45) is -1.88. The van der Waals surface area contributed by atoms with Crippen LogP contribution in [0.5, 0.6) is 0 Å². The molecule has 1 saturated carbocycles. The van der Waals surface area contributed by atoms with Crippen LogP contribution < -0.4 is 11.1 Å². The lowest BCUT2D eigenvalue weighted by molar-refractivity contribution is -0.176. The molecule has 4 nitrogen and oxygen atoms in total. The highest BCUT2D eigenvalue weighted by Gasteiger charge is 2.37. The minimum atomic E-state index is -4.40. The first-order chi connectivity index (χ1) is 7.37. The van der Waals surface area contributed by atoms with Crippen molar-refractivity contribution in [2.75, 3.05) is 19.8 Å². The van der Waals surface area contributed by atoms with E-state index in [0.717, 1.165) is 19.3 Å². The monoisotopic (exact) mass is 240 g/mol. The fourth-order valence-corrected chi connectivity index (χ4v) is 1.58. The van der Waals surface area contributed by atoms with Gasteiger partial charge in [0.2, 0.25) is 5.91 Å². The fourth-order valence-electron chi connectivity index (χ4n) is 1.58. The van der Waals surface area contributed by atoms with Crippen LogP contribution >= 0.6 is 0 Å². The summed E-state index contributed by atoms with van der Waals surface area (Å²) < 4.78 is 39.4. The van der Waals surface area contributed by atoms with E-state index in [4.69, 9.17) is 5.73 Å². The van der Waals surface area contributed by atoms with Crippen LogP contribution in [0.15, 0.2) is 0 Å². The molecule has 1 aliphatic rings. The number of nitrogens with one attached hydrogen (secondary N) is 1. The molecule has 1 amide bonds. The normalized spacial score (nSPS) is 19.0. The van der Waals surface area contributed by atoms with E-state index in [-0.39, 0.29) is 0 Å². The summed E-state index contributed by atoms with van der Waals surface area (Å²) in [5.41, 5.74) is 5.06. The lowest BCUT2D eigenvalue weighted by Gasteiger charge is -2.41. The molecule has 0 saturated heterocycles. The van der Waals surface area contributed by atoms with Crippen LogP contribution in [0.4, 0.5) is 13.2 Å². The maximum atomic E-state index is 11.7. The first-order valence-corrected chi connectivity index (χ1v) is 5.02. The number of nitrogens with two attached hydrogens (primary N) is 1. The van der Waals surface area contributed by atoms with Gasteiger partial charge < -0.3 is 15.8 Å². The van der Waals surface area contributed by atoms with E-state index in [2.05, 4.69) is 10.1 Å². The Morgan fingerprint density at radius 3 is 2.44 bits per heavy atom. The highest BCUT2D eigenvalue weighted by Crippen LogP contribution is 2.30. The summed E-state index contributed by atoms with van der Waals surface area (Å²) in [6.45, 7) is -1.69. The van der Waals surface area contributed by atoms with Crippen molar-refractivity contribution in [3.05, 3.63) is 0 Å². The molecule has 16 heavy (non-hydrogen) atoms. The SMILES string of the molecule is NCC1(NC(=O)COCC(F)(F)F)CCC1. The minimum absolute atomic E-state index is 0.304. The van der Waals surface area contributed by atoms with E-state index < -0.39 is 30.8 Å². The van der Waals surface area contributed by atoms with Gasteiger partial charge in [0, 0.05) is 6.54 Å². The van der Waals surface area contributed by atoms with Gasteiger partial charge in [-0.15, -0.1) is 0 Å². The van der Waals surface area contributed by atoms with Gasteiger partial charge in [0.25, 0.3) is 0 Å². The molecule has 94 valence electrons. The van der Waals surface area contributed by atoms with Gasteiger partial charge in [-0.3, -0.25) is 4.79 Å². The second-order valence-corrected chi connectivity index (χ2v) is 3.99. The lowest BCUT2D eigenvalue weighted by atomic mass is 9.77. The Hall–Kier alpha value is -0.820. The third-order valence-electron chi connectivity index (χ3n) is 2.60. The zero-order valence-electron chi connectivity index (χ0n) is 8.77. The van der Waals surface area contributed by atoms with E-state index in [1.807, 2.05) is 0 Å². The van der Waals surface area contributed by atoms with E-state index in [1.54, 1.807) is 0 Å². The number of carbonyl (C=O) groups is 1. The van der Waals surface area contributed by atoms with E-state index in [9.17, 15) is 18.0 Å². The molecule has 3 N–H and O–H groups in total. The summed E-state index contributed by atoms with van der Waals surface area (Å²) >= 11 is 0. The quantitative estimate of drug-likeness (QED) is 0.738. The Bertz CT molecular complexity index is 246.